The quantitative estimate of drug-likeness (QED) is 0.392. The molecule has 1 aliphatic rings. The summed E-state index contributed by atoms with van der Waals surface area (Å²) in [4.78, 5) is 0. The van der Waals surface area contributed by atoms with E-state index in [4.69, 9.17) is 4.74 Å². The number of ether oxygens (including phenoxy) is 1. The molecule has 1 heterocycles. The van der Waals surface area contributed by atoms with Crippen molar-refractivity contribution in [1.29, 1.82) is 0 Å². The zero-order chi connectivity index (χ0) is 12.0. The molecule has 0 aromatic carbocycles. The van der Waals surface area contributed by atoms with E-state index in [9.17, 15) is 13.0 Å². The number of unbranched alkanes of at least 4 members (excludes halogenated alkanes) is 2. The first kappa shape index (κ1) is 13.4. The molecule has 0 amide bonds. The molecule has 0 saturated carbocycles. The summed E-state index contributed by atoms with van der Waals surface area (Å²) < 4.78 is 38.6. The molecule has 0 atom stereocenters. The lowest BCUT2D eigenvalue weighted by Crippen LogP contribution is -2.29. The predicted molar refractivity (Wildman–Crippen MR) is 59.7 cm³/mol. The fraction of sp³-hybridized carbons (Fsp3) is 0.900. The summed E-state index contributed by atoms with van der Waals surface area (Å²) >= 11 is 0. The zero-order valence-corrected chi connectivity index (χ0v) is 10.5. The number of nitrogens with zero attached hydrogens (tertiary/aromatic N) is 1. The third-order valence-corrected chi connectivity index (χ3v) is 3.44. The molecule has 1 rings (SSSR count). The molecule has 0 aliphatic carbocycles. The molecule has 0 N–H and O–H groups in total. The molecule has 6 heteroatoms. The van der Waals surface area contributed by atoms with E-state index in [1.165, 1.54) is 0 Å². The maximum Gasteiger partial charge on any atom is 0.333 e. The van der Waals surface area contributed by atoms with Gasteiger partial charge in [0.25, 0.3) is 0 Å². The van der Waals surface area contributed by atoms with E-state index in [-0.39, 0.29) is 5.75 Å². The summed E-state index contributed by atoms with van der Waals surface area (Å²) in [6.07, 6.45) is 3.16. The van der Waals surface area contributed by atoms with Crippen LogP contribution in [0.2, 0.25) is 0 Å². The Morgan fingerprint density at radius 3 is 2.75 bits per heavy atom. The monoisotopic (exact) mass is 249 g/mol. The Morgan fingerprint density at radius 1 is 1.38 bits per heavy atom. The van der Waals surface area contributed by atoms with E-state index in [1.54, 1.807) is 0 Å². The Balaban J connectivity index is 2.16. The van der Waals surface area contributed by atoms with Crippen LogP contribution in [0.3, 0.4) is 0 Å². The van der Waals surface area contributed by atoms with E-state index in [2.05, 4.69) is 4.58 Å². The molecular formula is C10H19NO4S. The molecule has 0 bridgehead atoms. The minimum absolute atomic E-state index is 0.244. The SMILES string of the molecule is CC1=[N+](CCCCCS(=O)(=O)[O-])CCCO1. The van der Waals surface area contributed by atoms with Gasteiger partial charge in [0, 0.05) is 18.6 Å². The van der Waals surface area contributed by atoms with Gasteiger partial charge in [0.05, 0.1) is 23.6 Å². The van der Waals surface area contributed by atoms with Gasteiger partial charge < -0.3 is 9.29 Å². The number of rotatable bonds is 6. The van der Waals surface area contributed by atoms with E-state index in [0.29, 0.717) is 6.42 Å². The van der Waals surface area contributed by atoms with Gasteiger partial charge in [-0.3, -0.25) is 0 Å². The van der Waals surface area contributed by atoms with Crippen molar-refractivity contribution >= 4 is 16.0 Å². The van der Waals surface area contributed by atoms with Crippen molar-refractivity contribution in [2.24, 2.45) is 0 Å². The Bertz CT molecular complexity index is 348. The van der Waals surface area contributed by atoms with Gasteiger partial charge in [-0.15, -0.1) is 0 Å². The summed E-state index contributed by atoms with van der Waals surface area (Å²) in [5, 5.41) is 0. The maximum absolute atomic E-state index is 10.4. The minimum atomic E-state index is -4.03. The molecular weight excluding hydrogens is 230 g/mol. The van der Waals surface area contributed by atoms with Crippen LogP contribution in [0, 0.1) is 0 Å². The number of hydrogen-bond acceptors (Lipinski definition) is 4. The van der Waals surface area contributed by atoms with Crippen molar-refractivity contribution in [2.45, 2.75) is 32.6 Å². The van der Waals surface area contributed by atoms with Crippen LogP contribution in [0.25, 0.3) is 0 Å². The van der Waals surface area contributed by atoms with Crippen LogP contribution in [-0.4, -0.2) is 48.9 Å². The standard InChI is InChI=1S/C10H19NO4S/c1-10-11(7-5-8-15-10)6-3-2-4-9-16(12,13)14/h2-9H2,1H3. The van der Waals surface area contributed by atoms with Gasteiger partial charge in [0.15, 0.2) is 0 Å². The van der Waals surface area contributed by atoms with Crippen molar-refractivity contribution in [2.75, 3.05) is 25.4 Å². The van der Waals surface area contributed by atoms with Crippen molar-refractivity contribution in [3.8, 4) is 0 Å². The van der Waals surface area contributed by atoms with Crippen LogP contribution >= 0.6 is 0 Å². The second-order valence-electron chi connectivity index (χ2n) is 4.03. The summed E-state index contributed by atoms with van der Waals surface area (Å²) in [6, 6.07) is 0. The zero-order valence-electron chi connectivity index (χ0n) is 9.65. The molecule has 0 aromatic heterocycles. The van der Waals surface area contributed by atoms with Gasteiger partial charge in [-0.05, 0) is 12.8 Å². The van der Waals surface area contributed by atoms with Gasteiger partial charge in [-0.1, -0.05) is 0 Å². The molecule has 1 aliphatic heterocycles. The van der Waals surface area contributed by atoms with Crippen molar-refractivity contribution in [3.63, 3.8) is 0 Å². The molecule has 0 saturated heterocycles. The number of hydrogen-bond donors (Lipinski definition) is 0. The second kappa shape index (κ2) is 6.20. The average Bonchev–Trinajstić information content (AvgIpc) is 2.18. The third-order valence-electron chi connectivity index (χ3n) is 2.65. The topological polar surface area (TPSA) is 69.4 Å². The first-order valence-electron chi connectivity index (χ1n) is 5.64. The lowest BCUT2D eigenvalue weighted by atomic mass is 10.2. The maximum atomic E-state index is 10.4. The molecule has 0 aromatic rings. The molecule has 0 spiro atoms. The van der Waals surface area contributed by atoms with E-state index in [1.807, 2.05) is 6.92 Å². The molecule has 0 radical (unpaired) electrons. The molecule has 0 fully saturated rings. The van der Waals surface area contributed by atoms with Crippen molar-refractivity contribution in [3.05, 3.63) is 0 Å². The highest BCUT2D eigenvalue weighted by Crippen LogP contribution is 2.02. The summed E-state index contributed by atoms with van der Waals surface area (Å²) in [6.45, 7) is 4.62. The van der Waals surface area contributed by atoms with Gasteiger partial charge in [0.2, 0.25) is 0 Å². The summed E-state index contributed by atoms with van der Waals surface area (Å²) in [7, 11) is -4.03. The Morgan fingerprint density at radius 2 is 2.12 bits per heavy atom. The highest BCUT2D eigenvalue weighted by atomic mass is 32.2. The van der Waals surface area contributed by atoms with E-state index < -0.39 is 10.1 Å². The second-order valence-corrected chi connectivity index (χ2v) is 5.55. The smallest absolute Gasteiger partial charge is 0.333 e. The summed E-state index contributed by atoms with van der Waals surface area (Å²) in [5.41, 5.74) is 0. The lowest BCUT2D eigenvalue weighted by Gasteiger charge is -2.13. The normalized spacial score (nSPS) is 17.4. The highest BCUT2D eigenvalue weighted by Gasteiger charge is 2.15. The molecule has 5 nitrogen and oxygen atoms in total. The van der Waals surface area contributed by atoms with Gasteiger partial charge >= 0.3 is 5.90 Å². The molecule has 16 heavy (non-hydrogen) atoms. The lowest BCUT2D eigenvalue weighted by molar-refractivity contribution is -0.545. The summed E-state index contributed by atoms with van der Waals surface area (Å²) in [5.74, 6) is 0.703. The van der Waals surface area contributed by atoms with Crippen LogP contribution < -0.4 is 0 Å². The minimum Gasteiger partial charge on any atom is -0.748 e. The fourth-order valence-electron chi connectivity index (χ4n) is 1.75. The van der Waals surface area contributed by atoms with Crippen LogP contribution in [0.5, 0.6) is 0 Å². The van der Waals surface area contributed by atoms with Crippen LogP contribution in [0.4, 0.5) is 0 Å². The fourth-order valence-corrected chi connectivity index (χ4v) is 2.31. The average molecular weight is 249 g/mol. The first-order valence-corrected chi connectivity index (χ1v) is 7.21. The molecule has 0 unspecified atom stereocenters. The Labute approximate surface area is 96.9 Å². The van der Waals surface area contributed by atoms with E-state index >= 15 is 0 Å². The van der Waals surface area contributed by atoms with Crippen LogP contribution in [-0.2, 0) is 14.9 Å². The van der Waals surface area contributed by atoms with Crippen molar-refractivity contribution < 1.29 is 22.3 Å². The third kappa shape index (κ3) is 5.46. The van der Waals surface area contributed by atoms with Gasteiger partial charge in [-0.2, -0.15) is 0 Å². The van der Waals surface area contributed by atoms with Crippen LogP contribution in [0.15, 0.2) is 0 Å². The molecule has 94 valence electrons. The van der Waals surface area contributed by atoms with Gasteiger partial charge in [-0.25, -0.2) is 13.0 Å². The Kier molecular flexibility index (Phi) is 5.21. The van der Waals surface area contributed by atoms with Gasteiger partial charge in [0.1, 0.15) is 13.1 Å². The highest BCUT2D eigenvalue weighted by molar-refractivity contribution is 7.85. The largest absolute Gasteiger partial charge is 0.748 e. The predicted octanol–water partition coefficient (Wildman–Crippen LogP) is 0.553. The van der Waals surface area contributed by atoms with E-state index in [0.717, 1.165) is 44.9 Å². The Hall–Kier alpha value is -0.620. The van der Waals surface area contributed by atoms with Crippen molar-refractivity contribution in [1.82, 2.24) is 0 Å². The first-order chi connectivity index (χ1) is 7.49. The van der Waals surface area contributed by atoms with Crippen LogP contribution in [0.1, 0.15) is 32.6 Å².